The normalized spacial score (nSPS) is 13.2. The number of fused-ring (bicyclic) bond motifs is 1. The first kappa shape index (κ1) is 12.8. The second-order valence-corrected chi connectivity index (χ2v) is 5.21. The molecule has 22 heavy (non-hydrogen) atoms. The highest BCUT2D eigenvalue weighted by atomic mass is 16.1. The van der Waals surface area contributed by atoms with Gasteiger partial charge in [-0.1, -0.05) is 12.1 Å². The molecule has 0 spiro atoms. The number of nitrogens with zero attached hydrogens (tertiary/aromatic N) is 4. The van der Waals surface area contributed by atoms with Crippen molar-refractivity contribution in [3.8, 4) is 0 Å². The van der Waals surface area contributed by atoms with Gasteiger partial charge in [0.15, 0.2) is 0 Å². The molecule has 0 atom stereocenters. The topological polar surface area (TPSA) is 88.5 Å². The van der Waals surface area contributed by atoms with Gasteiger partial charge in [0.05, 0.1) is 18.3 Å². The SMILES string of the molecule is CNc1nc(=O)n(Cc2cn[nH]n2)c2cc(C3=CC3)ccc12. The Morgan fingerprint density at radius 1 is 1.41 bits per heavy atom. The number of aromatic amines is 1. The summed E-state index contributed by atoms with van der Waals surface area (Å²) >= 11 is 0. The Morgan fingerprint density at radius 3 is 2.95 bits per heavy atom. The fourth-order valence-electron chi connectivity index (χ4n) is 2.57. The van der Waals surface area contributed by atoms with Crippen LogP contribution in [0, 0.1) is 0 Å². The quantitative estimate of drug-likeness (QED) is 0.759. The summed E-state index contributed by atoms with van der Waals surface area (Å²) in [6.45, 7) is 0.339. The van der Waals surface area contributed by atoms with Gasteiger partial charge in [-0.3, -0.25) is 4.57 Å². The van der Waals surface area contributed by atoms with Crippen molar-refractivity contribution in [3.63, 3.8) is 0 Å². The maximum atomic E-state index is 12.4. The van der Waals surface area contributed by atoms with E-state index in [0.717, 1.165) is 22.9 Å². The number of nitrogens with one attached hydrogen (secondary N) is 2. The molecule has 1 aliphatic rings. The second kappa shape index (κ2) is 4.80. The molecule has 1 aliphatic carbocycles. The maximum Gasteiger partial charge on any atom is 0.350 e. The number of benzene rings is 1. The number of hydrogen-bond donors (Lipinski definition) is 2. The van der Waals surface area contributed by atoms with E-state index < -0.39 is 0 Å². The Hall–Kier alpha value is -2.96. The van der Waals surface area contributed by atoms with Gasteiger partial charge in [0.25, 0.3) is 0 Å². The summed E-state index contributed by atoms with van der Waals surface area (Å²) in [4.78, 5) is 16.5. The van der Waals surface area contributed by atoms with Crippen LogP contribution in [0.3, 0.4) is 0 Å². The monoisotopic (exact) mass is 294 g/mol. The minimum Gasteiger partial charge on any atom is -0.372 e. The van der Waals surface area contributed by atoms with Gasteiger partial charge in [-0.2, -0.15) is 20.4 Å². The smallest absolute Gasteiger partial charge is 0.350 e. The van der Waals surface area contributed by atoms with Gasteiger partial charge < -0.3 is 5.32 Å². The molecule has 0 radical (unpaired) electrons. The minimum atomic E-state index is -0.304. The minimum absolute atomic E-state index is 0.304. The summed E-state index contributed by atoms with van der Waals surface area (Å²) in [7, 11) is 1.76. The van der Waals surface area contributed by atoms with Crippen molar-refractivity contribution in [2.45, 2.75) is 13.0 Å². The predicted molar refractivity (Wildman–Crippen MR) is 83.6 cm³/mol. The van der Waals surface area contributed by atoms with Gasteiger partial charge in [-0.05, 0) is 29.7 Å². The lowest BCUT2D eigenvalue weighted by atomic mass is 10.1. The molecule has 0 saturated heterocycles. The third-order valence-electron chi connectivity index (χ3n) is 3.78. The number of aromatic nitrogens is 5. The van der Waals surface area contributed by atoms with Crippen molar-refractivity contribution in [1.82, 2.24) is 25.0 Å². The molecule has 0 aliphatic heterocycles. The van der Waals surface area contributed by atoms with Crippen LogP contribution in [0.25, 0.3) is 16.5 Å². The van der Waals surface area contributed by atoms with Gasteiger partial charge in [-0.25, -0.2) is 4.79 Å². The predicted octanol–water partition coefficient (Wildman–Crippen LogP) is 1.39. The lowest BCUT2D eigenvalue weighted by Crippen LogP contribution is -2.25. The molecular formula is C15H14N6O. The van der Waals surface area contributed by atoms with Crippen LogP contribution in [0.4, 0.5) is 5.82 Å². The van der Waals surface area contributed by atoms with Crippen LogP contribution in [-0.4, -0.2) is 32.0 Å². The molecule has 0 amide bonds. The van der Waals surface area contributed by atoms with Gasteiger partial charge in [-0.15, -0.1) is 0 Å². The average Bonchev–Trinajstić information content (AvgIpc) is 3.26. The molecule has 7 nitrogen and oxygen atoms in total. The average molecular weight is 294 g/mol. The molecule has 2 N–H and O–H groups in total. The highest BCUT2D eigenvalue weighted by Crippen LogP contribution is 2.33. The van der Waals surface area contributed by atoms with E-state index in [4.69, 9.17) is 0 Å². The number of rotatable bonds is 4. The zero-order chi connectivity index (χ0) is 15.1. The molecule has 1 aromatic carbocycles. The van der Waals surface area contributed by atoms with E-state index in [0.29, 0.717) is 18.1 Å². The van der Waals surface area contributed by atoms with Gasteiger partial charge in [0, 0.05) is 12.4 Å². The van der Waals surface area contributed by atoms with Crippen LogP contribution in [0.1, 0.15) is 17.7 Å². The summed E-state index contributed by atoms with van der Waals surface area (Å²) in [6, 6.07) is 6.11. The highest BCUT2D eigenvalue weighted by Gasteiger charge is 2.15. The van der Waals surface area contributed by atoms with E-state index in [9.17, 15) is 4.79 Å². The molecule has 0 fully saturated rings. The molecule has 7 heteroatoms. The lowest BCUT2D eigenvalue weighted by Gasteiger charge is -2.12. The van der Waals surface area contributed by atoms with Crippen LogP contribution >= 0.6 is 0 Å². The standard InChI is InChI=1S/C15H14N6O/c1-16-14-12-5-4-10(9-2-3-9)6-13(12)21(15(22)18-14)8-11-7-17-20-19-11/h2,4-7H,3,8H2,1H3,(H,16,18,22)(H,17,19,20). The maximum absolute atomic E-state index is 12.4. The van der Waals surface area contributed by atoms with E-state index in [1.165, 1.54) is 5.57 Å². The van der Waals surface area contributed by atoms with Gasteiger partial charge in [0.2, 0.25) is 0 Å². The molecule has 3 aromatic rings. The van der Waals surface area contributed by atoms with Crippen LogP contribution in [0.2, 0.25) is 0 Å². The summed E-state index contributed by atoms with van der Waals surface area (Å²) in [5, 5.41) is 14.3. The third kappa shape index (κ3) is 2.07. The van der Waals surface area contributed by atoms with E-state index in [2.05, 4.69) is 37.9 Å². The van der Waals surface area contributed by atoms with Crippen LogP contribution < -0.4 is 11.0 Å². The van der Waals surface area contributed by atoms with Crippen LogP contribution in [0.5, 0.6) is 0 Å². The molecule has 110 valence electrons. The van der Waals surface area contributed by atoms with Crippen molar-refractivity contribution in [2.75, 3.05) is 12.4 Å². The number of H-pyrrole nitrogens is 1. The Balaban J connectivity index is 1.96. The molecule has 2 heterocycles. The van der Waals surface area contributed by atoms with E-state index in [1.54, 1.807) is 17.8 Å². The number of anilines is 1. The molecule has 0 bridgehead atoms. The third-order valence-corrected chi connectivity index (χ3v) is 3.78. The zero-order valence-electron chi connectivity index (χ0n) is 12.0. The lowest BCUT2D eigenvalue weighted by molar-refractivity contribution is 0.738. The van der Waals surface area contributed by atoms with Crippen molar-refractivity contribution >= 4 is 22.3 Å². The fourth-order valence-corrected chi connectivity index (χ4v) is 2.57. The van der Waals surface area contributed by atoms with Crippen LogP contribution in [0.15, 0.2) is 35.3 Å². The van der Waals surface area contributed by atoms with Crippen molar-refractivity contribution in [3.05, 3.63) is 52.2 Å². The summed E-state index contributed by atoms with van der Waals surface area (Å²) in [5.74, 6) is 0.590. The molecule has 4 rings (SSSR count). The van der Waals surface area contributed by atoms with E-state index >= 15 is 0 Å². The van der Waals surface area contributed by atoms with E-state index in [1.807, 2.05) is 12.1 Å². The first-order valence-corrected chi connectivity index (χ1v) is 7.02. The Bertz CT molecular complexity index is 939. The molecule has 2 aromatic heterocycles. The molecular weight excluding hydrogens is 280 g/mol. The Kier molecular flexibility index (Phi) is 2.78. The Labute approximate surface area is 125 Å². The summed E-state index contributed by atoms with van der Waals surface area (Å²) in [5.41, 5.74) is 3.69. The summed E-state index contributed by atoms with van der Waals surface area (Å²) < 4.78 is 1.63. The van der Waals surface area contributed by atoms with Crippen LogP contribution in [-0.2, 0) is 6.54 Å². The summed E-state index contributed by atoms with van der Waals surface area (Å²) in [6.07, 6.45) is 4.79. The Morgan fingerprint density at radius 2 is 2.27 bits per heavy atom. The zero-order valence-corrected chi connectivity index (χ0v) is 12.0. The fraction of sp³-hybridized carbons (Fsp3) is 0.200. The second-order valence-electron chi connectivity index (χ2n) is 5.21. The van der Waals surface area contributed by atoms with Crippen molar-refractivity contribution in [1.29, 1.82) is 0 Å². The van der Waals surface area contributed by atoms with Crippen molar-refractivity contribution in [2.24, 2.45) is 0 Å². The highest BCUT2D eigenvalue weighted by molar-refractivity contribution is 5.93. The molecule has 0 unspecified atom stereocenters. The first-order chi connectivity index (χ1) is 10.8. The largest absolute Gasteiger partial charge is 0.372 e. The molecule has 0 saturated carbocycles. The van der Waals surface area contributed by atoms with Gasteiger partial charge in [0.1, 0.15) is 11.5 Å². The van der Waals surface area contributed by atoms with E-state index in [-0.39, 0.29) is 5.69 Å². The number of allylic oxidation sites excluding steroid dienone is 2. The van der Waals surface area contributed by atoms with Crippen molar-refractivity contribution < 1.29 is 0 Å². The number of hydrogen-bond acceptors (Lipinski definition) is 5. The van der Waals surface area contributed by atoms with Gasteiger partial charge >= 0.3 is 5.69 Å². The first-order valence-electron chi connectivity index (χ1n) is 7.02.